The van der Waals surface area contributed by atoms with Gasteiger partial charge in [0.15, 0.2) is 0 Å². The Labute approximate surface area is 102 Å². The maximum atomic E-state index is 11.3. The monoisotopic (exact) mass is 251 g/mol. The lowest BCUT2D eigenvalue weighted by Gasteiger charge is -2.27. The summed E-state index contributed by atoms with van der Waals surface area (Å²) in [7, 11) is 0. The molecule has 0 aromatic rings. The fourth-order valence-electron chi connectivity index (χ4n) is 0.829. The van der Waals surface area contributed by atoms with Gasteiger partial charge >= 0.3 is 0 Å². The van der Waals surface area contributed by atoms with Crippen LogP contribution in [0.4, 0.5) is 0 Å². The van der Waals surface area contributed by atoms with Gasteiger partial charge in [-0.2, -0.15) is 0 Å². The smallest absolute Gasteiger partial charge is 0.249 e. The zero-order valence-corrected chi connectivity index (χ0v) is 10.8. The summed E-state index contributed by atoms with van der Waals surface area (Å²) < 4.78 is 0. The summed E-state index contributed by atoms with van der Waals surface area (Å²) in [5.41, 5.74) is -0.844. The predicted octanol–water partition coefficient (Wildman–Crippen LogP) is -1.14. The number of carbonyl (C=O) groups is 1. The highest BCUT2D eigenvalue weighted by atomic mass is 16.3. The van der Waals surface area contributed by atoms with Crippen LogP contribution in [0.2, 0.25) is 0 Å². The van der Waals surface area contributed by atoms with E-state index in [9.17, 15) is 9.90 Å². The zero-order chi connectivity index (χ0) is 13.9. The molecule has 5 N–H and O–H groups in total. The van der Waals surface area contributed by atoms with Crippen LogP contribution in [0.15, 0.2) is 0 Å². The number of aliphatic hydroxyl groups excluding tert-OH is 4. The van der Waals surface area contributed by atoms with Crippen molar-refractivity contribution in [1.29, 1.82) is 0 Å². The lowest BCUT2D eigenvalue weighted by Crippen LogP contribution is -2.45. The molecule has 0 aromatic carbocycles. The van der Waals surface area contributed by atoms with Gasteiger partial charge in [-0.25, -0.2) is 0 Å². The standard InChI is InChI=1S/C9H19NO4.C2H6O/c1-9(2,6-12)7(13)8(14)10-4-3-5-11;1-2-3/h7,11-13H,3-6H2,1-2H3,(H,10,14);3H,2H2,1H3. The zero-order valence-electron chi connectivity index (χ0n) is 10.8. The molecule has 6 heteroatoms. The quantitative estimate of drug-likeness (QED) is 0.383. The van der Waals surface area contributed by atoms with Crippen LogP contribution >= 0.6 is 0 Å². The number of aliphatic hydroxyl groups is 4. The molecule has 1 amide bonds. The van der Waals surface area contributed by atoms with Crippen molar-refractivity contribution in [2.24, 2.45) is 5.41 Å². The molecule has 0 radical (unpaired) electrons. The number of carbonyl (C=O) groups excluding carboxylic acids is 1. The molecule has 17 heavy (non-hydrogen) atoms. The Bertz CT molecular complexity index is 196. The van der Waals surface area contributed by atoms with Crippen molar-refractivity contribution in [2.45, 2.75) is 33.3 Å². The Balaban J connectivity index is 0. The second-order valence-electron chi connectivity index (χ2n) is 4.23. The normalized spacial score (nSPS) is 12.4. The van der Waals surface area contributed by atoms with Gasteiger partial charge in [0, 0.05) is 25.2 Å². The van der Waals surface area contributed by atoms with E-state index in [-0.39, 0.29) is 19.8 Å². The first kappa shape index (κ1) is 18.7. The van der Waals surface area contributed by atoms with Crippen LogP contribution in [0, 0.1) is 5.41 Å². The van der Waals surface area contributed by atoms with Crippen molar-refractivity contribution < 1.29 is 25.2 Å². The summed E-state index contributed by atoms with van der Waals surface area (Å²) in [4.78, 5) is 11.3. The van der Waals surface area contributed by atoms with Gasteiger partial charge in [0.2, 0.25) is 5.91 Å². The molecular weight excluding hydrogens is 226 g/mol. The number of nitrogens with one attached hydrogen (secondary N) is 1. The molecule has 104 valence electrons. The molecule has 0 saturated heterocycles. The van der Waals surface area contributed by atoms with Gasteiger partial charge in [0.1, 0.15) is 6.10 Å². The first-order chi connectivity index (χ1) is 7.87. The highest BCUT2D eigenvalue weighted by molar-refractivity contribution is 5.81. The molecule has 0 fully saturated rings. The van der Waals surface area contributed by atoms with Crippen LogP contribution in [0.25, 0.3) is 0 Å². The molecule has 0 rings (SSSR count). The van der Waals surface area contributed by atoms with Crippen molar-refractivity contribution >= 4 is 5.91 Å². The number of rotatable bonds is 6. The minimum Gasteiger partial charge on any atom is -0.397 e. The van der Waals surface area contributed by atoms with Gasteiger partial charge in [-0.05, 0) is 13.3 Å². The third-order valence-electron chi connectivity index (χ3n) is 2.03. The summed E-state index contributed by atoms with van der Waals surface area (Å²) in [6.45, 7) is 5.20. The lowest BCUT2D eigenvalue weighted by atomic mass is 9.87. The van der Waals surface area contributed by atoms with E-state index in [2.05, 4.69) is 5.32 Å². The maximum absolute atomic E-state index is 11.3. The van der Waals surface area contributed by atoms with Crippen LogP contribution in [-0.4, -0.2) is 58.8 Å². The second-order valence-corrected chi connectivity index (χ2v) is 4.23. The minimum atomic E-state index is -1.23. The molecule has 0 spiro atoms. The van der Waals surface area contributed by atoms with Gasteiger partial charge < -0.3 is 25.7 Å². The third-order valence-corrected chi connectivity index (χ3v) is 2.03. The Kier molecular flexibility index (Phi) is 11.5. The fraction of sp³-hybridized carbons (Fsp3) is 0.909. The SMILES string of the molecule is CC(C)(CO)C(O)C(=O)NCCCO.CCO. The van der Waals surface area contributed by atoms with Gasteiger partial charge in [-0.3, -0.25) is 4.79 Å². The highest BCUT2D eigenvalue weighted by Crippen LogP contribution is 2.19. The van der Waals surface area contributed by atoms with Crippen LogP contribution in [0.1, 0.15) is 27.2 Å². The summed E-state index contributed by atoms with van der Waals surface area (Å²) in [6, 6.07) is 0. The lowest BCUT2D eigenvalue weighted by molar-refractivity contribution is -0.137. The predicted molar refractivity (Wildman–Crippen MR) is 64.3 cm³/mol. The van der Waals surface area contributed by atoms with Crippen molar-refractivity contribution in [2.75, 3.05) is 26.4 Å². The van der Waals surface area contributed by atoms with E-state index in [4.69, 9.17) is 15.3 Å². The third kappa shape index (κ3) is 9.05. The van der Waals surface area contributed by atoms with Crippen molar-refractivity contribution in [1.82, 2.24) is 5.32 Å². The van der Waals surface area contributed by atoms with E-state index in [1.165, 1.54) is 0 Å². The highest BCUT2D eigenvalue weighted by Gasteiger charge is 2.32. The van der Waals surface area contributed by atoms with E-state index in [1.54, 1.807) is 20.8 Å². The van der Waals surface area contributed by atoms with Gasteiger partial charge in [-0.1, -0.05) is 13.8 Å². The van der Waals surface area contributed by atoms with Crippen LogP contribution < -0.4 is 5.32 Å². The van der Waals surface area contributed by atoms with Crippen molar-refractivity contribution in [3.05, 3.63) is 0 Å². The van der Waals surface area contributed by atoms with E-state index in [0.29, 0.717) is 13.0 Å². The molecule has 0 aliphatic rings. The maximum Gasteiger partial charge on any atom is 0.249 e. The first-order valence-corrected chi connectivity index (χ1v) is 5.65. The summed E-state index contributed by atoms with van der Waals surface area (Å²) in [5, 5.41) is 36.9. The van der Waals surface area contributed by atoms with Crippen LogP contribution in [-0.2, 0) is 4.79 Å². The summed E-state index contributed by atoms with van der Waals surface area (Å²) in [5.74, 6) is -0.516. The molecule has 0 heterocycles. The number of hydrogen-bond acceptors (Lipinski definition) is 5. The van der Waals surface area contributed by atoms with E-state index in [0.717, 1.165) is 0 Å². The van der Waals surface area contributed by atoms with Crippen LogP contribution in [0.3, 0.4) is 0 Å². The minimum absolute atomic E-state index is 0.000230. The van der Waals surface area contributed by atoms with Gasteiger partial charge in [0.05, 0.1) is 6.61 Å². The molecule has 1 atom stereocenters. The molecule has 0 aliphatic heterocycles. The van der Waals surface area contributed by atoms with Crippen LogP contribution in [0.5, 0.6) is 0 Å². The fourth-order valence-corrected chi connectivity index (χ4v) is 0.829. The molecule has 0 bridgehead atoms. The topological polar surface area (TPSA) is 110 Å². The number of amides is 1. The number of hydrogen-bond donors (Lipinski definition) is 5. The molecule has 0 aliphatic carbocycles. The second kappa shape index (κ2) is 10.5. The average Bonchev–Trinajstić information content (AvgIpc) is 2.29. The van der Waals surface area contributed by atoms with E-state index in [1.807, 2.05) is 0 Å². The average molecular weight is 251 g/mol. The Morgan fingerprint density at radius 2 is 1.76 bits per heavy atom. The Hall–Kier alpha value is -0.690. The molecule has 1 unspecified atom stereocenters. The van der Waals surface area contributed by atoms with Gasteiger partial charge in [-0.15, -0.1) is 0 Å². The van der Waals surface area contributed by atoms with E-state index < -0.39 is 17.4 Å². The largest absolute Gasteiger partial charge is 0.397 e. The molecule has 0 saturated carbocycles. The molecule has 0 aromatic heterocycles. The van der Waals surface area contributed by atoms with Gasteiger partial charge in [0.25, 0.3) is 0 Å². The molecular formula is C11H25NO5. The van der Waals surface area contributed by atoms with Crippen molar-refractivity contribution in [3.8, 4) is 0 Å². The molecule has 6 nitrogen and oxygen atoms in total. The first-order valence-electron chi connectivity index (χ1n) is 5.65. The summed E-state index contributed by atoms with van der Waals surface area (Å²) >= 11 is 0. The van der Waals surface area contributed by atoms with E-state index >= 15 is 0 Å². The Morgan fingerprint density at radius 3 is 2.12 bits per heavy atom. The van der Waals surface area contributed by atoms with Crippen molar-refractivity contribution in [3.63, 3.8) is 0 Å². The summed E-state index contributed by atoms with van der Waals surface area (Å²) in [6.07, 6.45) is -0.774. The Morgan fingerprint density at radius 1 is 1.29 bits per heavy atom.